The molecule has 0 aliphatic carbocycles. The molecule has 0 unspecified atom stereocenters. The molecule has 5 rings (SSSR count). The number of pyridine rings is 1. The van der Waals surface area contributed by atoms with E-state index in [1.165, 1.54) is 30.5 Å². The van der Waals surface area contributed by atoms with Gasteiger partial charge in [-0.1, -0.05) is 24.3 Å². The Hall–Kier alpha value is -3.64. The Labute approximate surface area is 266 Å². The molecule has 3 aromatic rings. The highest BCUT2D eigenvalue weighted by atomic mass is 19.1. The highest BCUT2D eigenvalue weighted by Gasteiger charge is 2.29. The maximum absolute atomic E-state index is 15.0. The van der Waals surface area contributed by atoms with Crippen LogP contribution in [0.1, 0.15) is 60.3 Å². The second-order valence-corrected chi connectivity index (χ2v) is 12.0. The molecule has 1 aromatic heterocycles. The lowest BCUT2D eigenvalue weighted by Crippen LogP contribution is -2.49. The summed E-state index contributed by atoms with van der Waals surface area (Å²) in [7, 11) is 0. The van der Waals surface area contributed by atoms with Gasteiger partial charge in [-0.3, -0.25) is 14.6 Å². The number of nitrogens with one attached hydrogen (secondary N) is 1. The Morgan fingerprint density at radius 1 is 0.957 bits per heavy atom. The van der Waals surface area contributed by atoms with Gasteiger partial charge in [-0.25, -0.2) is 13.2 Å². The van der Waals surface area contributed by atoms with Crippen LogP contribution < -0.4 is 11.1 Å². The summed E-state index contributed by atoms with van der Waals surface area (Å²) in [6, 6.07) is 10.1. The Kier molecular flexibility index (Phi) is 11.9. The molecule has 8 nitrogen and oxygen atoms in total. The van der Waals surface area contributed by atoms with Crippen molar-refractivity contribution in [3.05, 3.63) is 101 Å². The van der Waals surface area contributed by atoms with Crippen LogP contribution in [0.2, 0.25) is 0 Å². The minimum atomic E-state index is -1.07. The molecular weight excluding hydrogens is 599 g/mol. The average Bonchev–Trinajstić information content (AvgIpc) is 3.59. The van der Waals surface area contributed by atoms with Crippen LogP contribution in [0.15, 0.2) is 60.9 Å². The van der Waals surface area contributed by atoms with Crippen molar-refractivity contribution in [1.82, 2.24) is 10.3 Å². The number of nitrogens with zero attached hydrogens (tertiary/aromatic N) is 1. The van der Waals surface area contributed by atoms with E-state index in [9.17, 15) is 18.4 Å². The first-order valence-electron chi connectivity index (χ1n) is 15.8. The number of Topliss-reactive ketones (excluding diaryl/α,β-unsaturated/α-hetero) is 1. The van der Waals surface area contributed by atoms with Crippen molar-refractivity contribution >= 4 is 11.8 Å². The van der Waals surface area contributed by atoms with Gasteiger partial charge in [-0.05, 0) is 78.6 Å². The highest BCUT2D eigenvalue weighted by molar-refractivity contribution is 5.87. The molecule has 3 N–H and O–H groups in total. The number of rotatable bonds is 14. The molecule has 0 bridgehead atoms. The summed E-state index contributed by atoms with van der Waals surface area (Å²) < 4.78 is 59.3. The number of benzene rings is 2. The number of halogens is 3. The largest absolute Gasteiger partial charge is 0.464 e. The second kappa shape index (κ2) is 16.3. The highest BCUT2D eigenvalue weighted by Crippen LogP contribution is 2.29. The Bertz CT molecular complexity index is 1400. The Morgan fingerprint density at radius 2 is 1.65 bits per heavy atom. The molecule has 2 fully saturated rings. The monoisotopic (exact) mass is 639 g/mol. The number of carbonyl (C=O) groups excluding carboxylic acids is 2. The number of carbonyl (C=O) groups is 2. The maximum Gasteiger partial charge on any atom is 0.305 e. The van der Waals surface area contributed by atoms with Gasteiger partial charge in [0.05, 0.1) is 37.1 Å². The zero-order chi connectivity index (χ0) is 32.5. The van der Waals surface area contributed by atoms with E-state index >= 15 is 4.39 Å². The van der Waals surface area contributed by atoms with Crippen LogP contribution in [0, 0.1) is 17.5 Å². The summed E-state index contributed by atoms with van der Waals surface area (Å²) in [4.78, 5) is 29.6. The summed E-state index contributed by atoms with van der Waals surface area (Å²) in [5.41, 5.74) is 8.50. The van der Waals surface area contributed by atoms with Crippen LogP contribution in [0.5, 0.6) is 0 Å². The van der Waals surface area contributed by atoms with E-state index in [0.717, 1.165) is 25.6 Å². The normalized spacial score (nSPS) is 20.5. The summed E-state index contributed by atoms with van der Waals surface area (Å²) in [5, 5.41) is 3.33. The molecule has 2 aliphatic heterocycles. The van der Waals surface area contributed by atoms with Crippen LogP contribution in [-0.4, -0.2) is 67.4 Å². The molecule has 0 amide bonds. The zero-order valence-corrected chi connectivity index (χ0v) is 25.6. The number of ether oxygens (including phenoxy) is 3. The molecule has 2 saturated heterocycles. The van der Waals surface area contributed by atoms with Crippen molar-refractivity contribution in [3.63, 3.8) is 0 Å². The quantitative estimate of drug-likeness (QED) is 0.247. The molecule has 0 spiro atoms. The van der Waals surface area contributed by atoms with E-state index < -0.39 is 29.4 Å². The molecule has 2 aromatic carbocycles. The zero-order valence-electron chi connectivity index (χ0n) is 25.6. The molecule has 3 heterocycles. The van der Waals surface area contributed by atoms with Gasteiger partial charge in [0, 0.05) is 38.1 Å². The Morgan fingerprint density at radius 3 is 2.26 bits per heavy atom. The topological polar surface area (TPSA) is 113 Å². The predicted molar refractivity (Wildman–Crippen MR) is 165 cm³/mol. The fourth-order valence-electron chi connectivity index (χ4n) is 6.06. The predicted octanol–water partition coefficient (Wildman–Crippen LogP) is 4.56. The standard InChI is InChI=1S/C35H40F3N3O5/c36-25-7-3-22(4-8-25)34(23-5-9-26(37)10-6-23)35(39)32(42)16-24-17-40-19-31(38)30(24)13-11-29-18-41-27(20-45-29)21-46-33(43)14-12-28-2-1-15-44-28/h3-10,17,19,27-29,34-35,41H,1-2,11-16,18,20-21,39H2/t27-,28+,29+,35+/m0/s1. The van der Waals surface area contributed by atoms with Crippen molar-refractivity contribution in [2.45, 2.75) is 75.2 Å². The minimum Gasteiger partial charge on any atom is -0.464 e. The Balaban J connectivity index is 1.15. The van der Waals surface area contributed by atoms with E-state index in [-0.39, 0.29) is 43.0 Å². The number of aromatic nitrogens is 1. The van der Waals surface area contributed by atoms with Gasteiger partial charge in [0.25, 0.3) is 0 Å². The lowest BCUT2D eigenvalue weighted by molar-refractivity contribution is -0.146. The van der Waals surface area contributed by atoms with Crippen molar-refractivity contribution in [2.75, 3.05) is 26.4 Å². The third-order valence-corrected chi connectivity index (χ3v) is 8.67. The van der Waals surface area contributed by atoms with Gasteiger partial charge < -0.3 is 25.3 Å². The summed E-state index contributed by atoms with van der Waals surface area (Å²) in [6.45, 7) is 1.81. The number of esters is 1. The van der Waals surface area contributed by atoms with Gasteiger partial charge in [0.2, 0.25) is 0 Å². The second-order valence-electron chi connectivity index (χ2n) is 12.0. The van der Waals surface area contributed by atoms with E-state index in [0.29, 0.717) is 61.1 Å². The summed E-state index contributed by atoms with van der Waals surface area (Å²) >= 11 is 0. The first-order chi connectivity index (χ1) is 22.3. The fraction of sp³-hybridized carbons (Fsp3) is 0.457. The summed E-state index contributed by atoms with van der Waals surface area (Å²) in [5.74, 6) is -2.69. The first-order valence-corrected chi connectivity index (χ1v) is 15.8. The maximum atomic E-state index is 15.0. The lowest BCUT2D eigenvalue weighted by atomic mass is 9.82. The lowest BCUT2D eigenvalue weighted by Gasteiger charge is -2.30. The molecule has 0 saturated carbocycles. The van der Waals surface area contributed by atoms with E-state index in [2.05, 4.69) is 10.3 Å². The van der Waals surface area contributed by atoms with Crippen LogP contribution >= 0.6 is 0 Å². The average molecular weight is 640 g/mol. The first kappa shape index (κ1) is 33.7. The van der Waals surface area contributed by atoms with E-state index in [1.807, 2.05) is 0 Å². The molecular formula is C35H40F3N3O5. The van der Waals surface area contributed by atoms with Gasteiger partial charge in [-0.15, -0.1) is 0 Å². The number of hydrogen-bond donors (Lipinski definition) is 2. The van der Waals surface area contributed by atoms with Crippen molar-refractivity contribution in [3.8, 4) is 0 Å². The van der Waals surface area contributed by atoms with Crippen LogP contribution in [0.3, 0.4) is 0 Å². The number of ketones is 1. The van der Waals surface area contributed by atoms with Gasteiger partial charge in [0.15, 0.2) is 5.78 Å². The molecule has 2 aliphatic rings. The molecule has 4 atom stereocenters. The smallest absolute Gasteiger partial charge is 0.305 e. The fourth-order valence-corrected chi connectivity index (χ4v) is 6.06. The van der Waals surface area contributed by atoms with Crippen molar-refractivity contribution in [1.29, 1.82) is 0 Å². The SMILES string of the molecule is N[C@H](C(=O)Cc1cncc(F)c1CC[C@@H]1CN[C@H](COC(=O)CC[C@H]2CCCO2)CO1)C(c1ccc(F)cc1)c1ccc(F)cc1. The third kappa shape index (κ3) is 9.22. The number of morpholine rings is 1. The molecule has 46 heavy (non-hydrogen) atoms. The third-order valence-electron chi connectivity index (χ3n) is 8.67. The van der Waals surface area contributed by atoms with Crippen LogP contribution in [-0.2, 0) is 36.6 Å². The molecule has 246 valence electrons. The van der Waals surface area contributed by atoms with Gasteiger partial charge >= 0.3 is 5.97 Å². The molecule has 0 radical (unpaired) electrons. The van der Waals surface area contributed by atoms with Crippen LogP contribution in [0.4, 0.5) is 13.2 Å². The summed E-state index contributed by atoms with van der Waals surface area (Å²) in [6.07, 6.45) is 6.17. The van der Waals surface area contributed by atoms with E-state index in [1.54, 1.807) is 24.3 Å². The molecule has 11 heteroatoms. The van der Waals surface area contributed by atoms with E-state index in [4.69, 9.17) is 19.9 Å². The number of nitrogens with two attached hydrogens (primary N) is 1. The minimum absolute atomic E-state index is 0.134. The van der Waals surface area contributed by atoms with Crippen molar-refractivity contribution in [2.24, 2.45) is 5.73 Å². The van der Waals surface area contributed by atoms with Crippen molar-refractivity contribution < 1.29 is 37.0 Å². The van der Waals surface area contributed by atoms with Gasteiger partial charge in [0.1, 0.15) is 24.1 Å². The van der Waals surface area contributed by atoms with Gasteiger partial charge in [-0.2, -0.15) is 0 Å². The number of hydrogen-bond acceptors (Lipinski definition) is 8. The van der Waals surface area contributed by atoms with Crippen LogP contribution in [0.25, 0.3) is 0 Å².